The van der Waals surface area contributed by atoms with Gasteiger partial charge in [0.2, 0.25) is 5.91 Å². The molecule has 2 fully saturated rings. The highest BCUT2D eigenvalue weighted by atomic mass is 16.5. The van der Waals surface area contributed by atoms with Gasteiger partial charge < -0.3 is 15.4 Å². The first kappa shape index (κ1) is 12.8. The quantitative estimate of drug-likeness (QED) is 0.779. The van der Waals surface area contributed by atoms with E-state index in [1.165, 1.54) is 6.42 Å². The van der Waals surface area contributed by atoms with Gasteiger partial charge in [-0.3, -0.25) is 4.79 Å². The SMILES string of the molecule is CC1CCCC(C(=O)NC(C)C2CCCO2)N1. The Morgan fingerprint density at radius 2 is 2.18 bits per heavy atom. The standard InChI is InChI=1S/C13H24N2O2/c1-9-5-3-6-11(14-9)13(16)15-10(2)12-7-4-8-17-12/h9-12,14H,3-8H2,1-2H3,(H,15,16). The molecule has 0 aromatic carbocycles. The van der Waals surface area contributed by atoms with Gasteiger partial charge in [0.1, 0.15) is 0 Å². The zero-order valence-electron chi connectivity index (χ0n) is 10.9. The van der Waals surface area contributed by atoms with E-state index in [1.54, 1.807) is 0 Å². The summed E-state index contributed by atoms with van der Waals surface area (Å²) in [4.78, 5) is 12.1. The van der Waals surface area contributed by atoms with E-state index in [-0.39, 0.29) is 24.1 Å². The van der Waals surface area contributed by atoms with Crippen LogP contribution in [-0.4, -0.2) is 36.7 Å². The Morgan fingerprint density at radius 3 is 2.82 bits per heavy atom. The highest BCUT2D eigenvalue weighted by Gasteiger charge is 2.28. The van der Waals surface area contributed by atoms with E-state index in [0.717, 1.165) is 32.3 Å². The topological polar surface area (TPSA) is 50.4 Å². The predicted molar refractivity (Wildman–Crippen MR) is 66.8 cm³/mol. The van der Waals surface area contributed by atoms with Crippen molar-refractivity contribution in [2.45, 2.75) is 70.2 Å². The van der Waals surface area contributed by atoms with Crippen LogP contribution in [0.25, 0.3) is 0 Å². The Bertz CT molecular complexity index is 264. The fourth-order valence-corrected chi connectivity index (χ4v) is 2.76. The monoisotopic (exact) mass is 240 g/mol. The molecule has 4 nitrogen and oxygen atoms in total. The van der Waals surface area contributed by atoms with Crippen LogP contribution in [0.2, 0.25) is 0 Å². The summed E-state index contributed by atoms with van der Waals surface area (Å²) in [6, 6.07) is 0.573. The third-order valence-electron chi connectivity index (χ3n) is 3.82. The lowest BCUT2D eigenvalue weighted by Gasteiger charge is -2.30. The zero-order valence-corrected chi connectivity index (χ0v) is 10.9. The van der Waals surface area contributed by atoms with Gasteiger partial charge in [-0.2, -0.15) is 0 Å². The molecule has 2 aliphatic rings. The number of rotatable bonds is 3. The molecule has 4 atom stereocenters. The molecular formula is C13H24N2O2. The van der Waals surface area contributed by atoms with Gasteiger partial charge in [0.25, 0.3) is 0 Å². The minimum atomic E-state index is -0.0115. The molecule has 0 radical (unpaired) electrons. The first-order valence-electron chi connectivity index (χ1n) is 6.85. The average molecular weight is 240 g/mol. The van der Waals surface area contributed by atoms with E-state index >= 15 is 0 Å². The zero-order chi connectivity index (χ0) is 12.3. The first-order valence-corrected chi connectivity index (χ1v) is 6.85. The number of carbonyl (C=O) groups excluding carboxylic acids is 1. The number of carbonyl (C=O) groups is 1. The largest absolute Gasteiger partial charge is 0.376 e. The Kier molecular flexibility index (Phi) is 4.40. The summed E-state index contributed by atoms with van der Waals surface area (Å²) in [6.07, 6.45) is 5.65. The molecule has 98 valence electrons. The van der Waals surface area contributed by atoms with Crippen molar-refractivity contribution in [2.75, 3.05) is 6.61 Å². The van der Waals surface area contributed by atoms with Crippen molar-refractivity contribution in [3.05, 3.63) is 0 Å². The molecule has 2 aliphatic heterocycles. The molecule has 4 unspecified atom stereocenters. The highest BCUT2D eigenvalue weighted by molar-refractivity contribution is 5.82. The van der Waals surface area contributed by atoms with E-state index in [4.69, 9.17) is 4.74 Å². The van der Waals surface area contributed by atoms with Gasteiger partial charge in [0.15, 0.2) is 0 Å². The van der Waals surface area contributed by atoms with Gasteiger partial charge >= 0.3 is 0 Å². The fourth-order valence-electron chi connectivity index (χ4n) is 2.76. The molecule has 2 heterocycles. The van der Waals surface area contributed by atoms with Crippen molar-refractivity contribution in [1.82, 2.24) is 10.6 Å². The van der Waals surface area contributed by atoms with Crippen molar-refractivity contribution < 1.29 is 9.53 Å². The van der Waals surface area contributed by atoms with Crippen LogP contribution in [0.3, 0.4) is 0 Å². The van der Waals surface area contributed by atoms with Crippen LogP contribution in [-0.2, 0) is 9.53 Å². The summed E-state index contributed by atoms with van der Waals surface area (Å²) in [5, 5.41) is 6.44. The molecule has 0 bridgehead atoms. The predicted octanol–water partition coefficient (Wildman–Crippen LogP) is 1.20. The lowest BCUT2D eigenvalue weighted by atomic mass is 9.98. The van der Waals surface area contributed by atoms with Gasteiger partial charge in [-0.05, 0) is 46.0 Å². The van der Waals surface area contributed by atoms with Crippen molar-refractivity contribution in [3.8, 4) is 0 Å². The Labute approximate surface area is 103 Å². The molecule has 2 N–H and O–H groups in total. The van der Waals surface area contributed by atoms with Gasteiger partial charge in [-0.1, -0.05) is 0 Å². The average Bonchev–Trinajstić information content (AvgIpc) is 2.82. The molecule has 0 aromatic rings. The second kappa shape index (κ2) is 5.83. The number of hydrogen-bond donors (Lipinski definition) is 2. The number of ether oxygens (including phenoxy) is 1. The molecule has 0 saturated carbocycles. The molecule has 1 amide bonds. The van der Waals surface area contributed by atoms with E-state index in [1.807, 2.05) is 6.92 Å². The smallest absolute Gasteiger partial charge is 0.237 e. The summed E-state index contributed by atoms with van der Waals surface area (Å²) < 4.78 is 5.59. The maximum atomic E-state index is 12.1. The molecular weight excluding hydrogens is 216 g/mol. The maximum absolute atomic E-state index is 12.1. The van der Waals surface area contributed by atoms with Crippen LogP contribution in [0.15, 0.2) is 0 Å². The summed E-state index contributed by atoms with van der Waals surface area (Å²) >= 11 is 0. The number of nitrogens with one attached hydrogen (secondary N) is 2. The summed E-state index contributed by atoms with van der Waals surface area (Å²) in [5.41, 5.74) is 0. The molecule has 0 aliphatic carbocycles. The third-order valence-corrected chi connectivity index (χ3v) is 3.82. The van der Waals surface area contributed by atoms with E-state index < -0.39 is 0 Å². The Morgan fingerprint density at radius 1 is 1.35 bits per heavy atom. The number of piperidine rings is 1. The van der Waals surface area contributed by atoms with Crippen molar-refractivity contribution >= 4 is 5.91 Å². The third kappa shape index (κ3) is 3.42. The molecule has 2 saturated heterocycles. The van der Waals surface area contributed by atoms with Crippen molar-refractivity contribution in [2.24, 2.45) is 0 Å². The van der Waals surface area contributed by atoms with Gasteiger partial charge in [0.05, 0.1) is 18.2 Å². The summed E-state index contributed by atoms with van der Waals surface area (Å²) in [5.74, 6) is 0.138. The van der Waals surface area contributed by atoms with Crippen LogP contribution < -0.4 is 10.6 Å². The normalized spacial score (nSPS) is 35.5. The first-order chi connectivity index (χ1) is 8.16. The molecule has 17 heavy (non-hydrogen) atoms. The van der Waals surface area contributed by atoms with Gasteiger partial charge in [0, 0.05) is 12.6 Å². The fraction of sp³-hybridized carbons (Fsp3) is 0.923. The van der Waals surface area contributed by atoms with Crippen LogP contribution in [0, 0.1) is 0 Å². The van der Waals surface area contributed by atoms with Gasteiger partial charge in [-0.25, -0.2) is 0 Å². The van der Waals surface area contributed by atoms with Crippen molar-refractivity contribution in [1.29, 1.82) is 0 Å². The summed E-state index contributed by atoms with van der Waals surface area (Å²) in [6.45, 7) is 5.02. The second-order valence-electron chi connectivity index (χ2n) is 5.40. The number of hydrogen-bond acceptors (Lipinski definition) is 3. The second-order valence-corrected chi connectivity index (χ2v) is 5.40. The van der Waals surface area contributed by atoms with E-state index in [9.17, 15) is 4.79 Å². The van der Waals surface area contributed by atoms with Gasteiger partial charge in [-0.15, -0.1) is 0 Å². The van der Waals surface area contributed by atoms with E-state index in [0.29, 0.717) is 6.04 Å². The maximum Gasteiger partial charge on any atom is 0.237 e. The lowest BCUT2D eigenvalue weighted by Crippen LogP contribution is -2.53. The summed E-state index contributed by atoms with van der Waals surface area (Å²) in [7, 11) is 0. The highest BCUT2D eigenvalue weighted by Crippen LogP contribution is 2.16. The van der Waals surface area contributed by atoms with Crippen LogP contribution >= 0.6 is 0 Å². The Balaban J connectivity index is 1.79. The number of amides is 1. The lowest BCUT2D eigenvalue weighted by molar-refractivity contribution is -0.125. The van der Waals surface area contributed by atoms with Crippen LogP contribution in [0.5, 0.6) is 0 Å². The van der Waals surface area contributed by atoms with E-state index in [2.05, 4.69) is 17.6 Å². The Hall–Kier alpha value is -0.610. The molecule has 4 heteroatoms. The van der Waals surface area contributed by atoms with Crippen LogP contribution in [0.4, 0.5) is 0 Å². The molecule has 0 aromatic heterocycles. The van der Waals surface area contributed by atoms with Crippen molar-refractivity contribution in [3.63, 3.8) is 0 Å². The minimum Gasteiger partial charge on any atom is -0.376 e. The van der Waals surface area contributed by atoms with Crippen LogP contribution in [0.1, 0.15) is 46.0 Å². The molecule has 2 rings (SSSR count). The minimum absolute atomic E-state index is 0.0115. The molecule has 0 spiro atoms.